The van der Waals surface area contributed by atoms with Gasteiger partial charge in [0.05, 0.1) is 6.04 Å². The maximum atomic E-state index is 13.0. The summed E-state index contributed by atoms with van der Waals surface area (Å²) in [5, 5.41) is 3.37. The minimum absolute atomic E-state index is 0.184. The number of amides is 1. The quantitative estimate of drug-likeness (QED) is 0.923. The number of hydrogen-bond donors (Lipinski definition) is 1. The normalized spacial score (nSPS) is 26.5. The number of nitrogens with one attached hydrogen (secondary N) is 1. The summed E-state index contributed by atoms with van der Waals surface area (Å²) in [5.74, 6) is 0.594. The first-order valence-electron chi connectivity index (χ1n) is 9.14. The lowest BCUT2D eigenvalue weighted by molar-refractivity contribution is -0.135. The number of ether oxygens (including phenoxy) is 1. The third-order valence-corrected chi connectivity index (χ3v) is 5.93. The van der Waals surface area contributed by atoms with Crippen LogP contribution in [-0.2, 0) is 9.53 Å². The fourth-order valence-corrected chi connectivity index (χ4v) is 4.19. The van der Waals surface area contributed by atoms with E-state index in [1.165, 1.54) is 5.56 Å². The van der Waals surface area contributed by atoms with Gasteiger partial charge in [-0.2, -0.15) is 0 Å². The Bertz CT molecular complexity index is 552. The van der Waals surface area contributed by atoms with E-state index < -0.39 is 0 Å². The molecular formula is C20H30N2O2. The Balaban J connectivity index is 1.70. The summed E-state index contributed by atoms with van der Waals surface area (Å²) in [5.41, 5.74) is 0.943. The van der Waals surface area contributed by atoms with Crippen molar-refractivity contribution in [1.82, 2.24) is 10.2 Å². The maximum absolute atomic E-state index is 13.0. The van der Waals surface area contributed by atoms with Gasteiger partial charge in [-0.15, -0.1) is 0 Å². The molecule has 24 heavy (non-hydrogen) atoms. The van der Waals surface area contributed by atoms with Gasteiger partial charge in [-0.05, 0) is 37.8 Å². The Hall–Kier alpha value is -1.39. The van der Waals surface area contributed by atoms with Crippen molar-refractivity contribution in [2.45, 2.75) is 45.2 Å². The molecule has 2 fully saturated rings. The topological polar surface area (TPSA) is 41.6 Å². The lowest BCUT2D eigenvalue weighted by Gasteiger charge is -2.37. The first-order chi connectivity index (χ1) is 11.5. The van der Waals surface area contributed by atoms with Gasteiger partial charge >= 0.3 is 0 Å². The largest absolute Gasteiger partial charge is 0.381 e. The van der Waals surface area contributed by atoms with Gasteiger partial charge < -0.3 is 10.1 Å². The van der Waals surface area contributed by atoms with Crippen LogP contribution in [-0.4, -0.2) is 43.7 Å². The van der Waals surface area contributed by atoms with E-state index in [0.29, 0.717) is 5.92 Å². The lowest BCUT2D eigenvalue weighted by Crippen LogP contribution is -2.48. The predicted octanol–water partition coefficient (Wildman–Crippen LogP) is 3.00. The molecule has 1 aromatic carbocycles. The van der Waals surface area contributed by atoms with Crippen molar-refractivity contribution < 1.29 is 9.53 Å². The fourth-order valence-electron chi connectivity index (χ4n) is 4.19. The van der Waals surface area contributed by atoms with Crippen molar-refractivity contribution in [2.75, 3.05) is 26.8 Å². The average Bonchev–Trinajstić information content (AvgIpc) is 2.96. The van der Waals surface area contributed by atoms with Gasteiger partial charge in [0.1, 0.15) is 0 Å². The summed E-state index contributed by atoms with van der Waals surface area (Å²) in [6.45, 7) is 6.76. The Morgan fingerprint density at radius 3 is 2.50 bits per heavy atom. The maximum Gasteiger partial charge on any atom is 0.226 e. The van der Waals surface area contributed by atoms with E-state index in [1.807, 2.05) is 6.07 Å². The van der Waals surface area contributed by atoms with Crippen LogP contribution < -0.4 is 5.32 Å². The number of carbonyl (C=O) groups excluding carboxylic acids is 1. The van der Waals surface area contributed by atoms with Gasteiger partial charge in [-0.1, -0.05) is 44.2 Å². The minimum Gasteiger partial charge on any atom is -0.381 e. The van der Waals surface area contributed by atoms with Gasteiger partial charge in [0.25, 0.3) is 0 Å². The molecule has 2 aliphatic rings. The van der Waals surface area contributed by atoms with Crippen LogP contribution in [0, 0.1) is 11.3 Å². The number of likely N-dealkylation sites (N-methyl/N-ethyl adjacent to an activating group) is 1. The molecule has 2 heterocycles. The van der Waals surface area contributed by atoms with Gasteiger partial charge in [0.2, 0.25) is 5.91 Å². The summed E-state index contributed by atoms with van der Waals surface area (Å²) < 4.78 is 5.46. The van der Waals surface area contributed by atoms with Crippen LogP contribution in [0.5, 0.6) is 0 Å². The molecule has 0 aliphatic carbocycles. The lowest BCUT2D eigenvalue weighted by atomic mass is 9.73. The minimum atomic E-state index is -0.341. The van der Waals surface area contributed by atoms with Gasteiger partial charge in [-0.3, -0.25) is 9.69 Å². The first-order valence-corrected chi connectivity index (χ1v) is 9.14. The summed E-state index contributed by atoms with van der Waals surface area (Å²) in [6, 6.07) is 11.0. The molecule has 0 bridgehead atoms. The van der Waals surface area contributed by atoms with Crippen LogP contribution in [0.2, 0.25) is 0 Å². The highest BCUT2D eigenvalue weighted by atomic mass is 16.5. The molecule has 3 rings (SSSR count). The molecule has 132 valence electrons. The zero-order chi connectivity index (χ0) is 17.2. The van der Waals surface area contributed by atoms with Gasteiger partial charge in [-0.25, -0.2) is 0 Å². The number of carbonyl (C=O) groups is 1. The van der Waals surface area contributed by atoms with Crippen molar-refractivity contribution in [1.29, 1.82) is 0 Å². The molecule has 1 amide bonds. The Morgan fingerprint density at radius 2 is 1.83 bits per heavy atom. The second-order valence-electron chi connectivity index (χ2n) is 7.81. The van der Waals surface area contributed by atoms with Crippen LogP contribution in [0.15, 0.2) is 30.3 Å². The Morgan fingerprint density at radius 1 is 1.17 bits per heavy atom. The number of benzene rings is 1. The van der Waals surface area contributed by atoms with E-state index >= 15 is 0 Å². The highest BCUT2D eigenvalue weighted by molar-refractivity contribution is 5.82. The van der Waals surface area contributed by atoms with Crippen LogP contribution in [0.3, 0.4) is 0 Å². The van der Waals surface area contributed by atoms with Crippen molar-refractivity contribution in [2.24, 2.45) is 11.3 Å². The Kier molecular flexibility index (Phi) is 5.26. The monoisotopic (exact) mass is 330 g/mol. The number of hydrogen-bond acceptors (Lipinski definition) is 3. The molecule has 0 unspecified atom stereocenters. The van der Waals surface area contributed by atoms with Crippen molar-refractivity contribution in [3.05, 3.63) is 35.9 Å². The number of nitrogens with zero attached hydrogens (tertiary/aromatic N) is 1. The van der Waals surface area contributed by atoms with Crippen LogP contribution >= 0.6 is 0 Å². The van der Waals surface area contributed by atoms with Crippen molar-refractivity contribution in [3.63, 3.8) is 0 Å². The van der Waals surface area contributed by atoms with Gasteiger partial charge in [0.15, 0.2) is 0 Å². The number of rotatable bonds is 4. The van der Waals surface area contributed by atoms with E-state index in [4.69, 9.17) is 4.74 Å². The summed E-state index contributed by atoms with van der Waals surface area (Å²) in [7, 11) is 2.15. The first kappa shape index (κ1) is 17.4. The summed E-state index contributed by atoms with van der Waals surface area (Å²) in [6.07, 6.45) is 2.96. The molecule has 2 aliphatic heterocycles. The van der Waals surface area contributed by atoms with Crippen LogP contribution in [0.1, 0.15) is 44.7 Å². The van der Waals surface area contributed by atoms with E-state index in [0.717, 1.165) is 39.0 Å². The molecule has 0 spiro atoms. The zero-order valence-corrected chi connectivity index (χ0v) is 15.1. The average molecular weight is 330 g/mol. The predicted molar refractivity (Wildman–Crippen MR) is 95.7 cm³/mol. The summed E-state index contributed by atoms with van der Waals surface area (Å²) >= 11 is 0. The second-order valence-corrected chi connectivity index (χ2v) is 7.81. The van der Waals surface area contributed by atoms with E-state index in [1.54, 1.807) is 0 Å². The highest BCUT2D eigenvalue weighted by Gasteiger charge is 2.41. The molecule has 2 saturated heterocycles. The molecule has 0 saturated carbocycles. The number of likely N-dealkylation sites (tertiary alicyclic amines) is 1. The van der Waals surface area contributed by atoms with Crippen LogP contribution in [0.4, 0.5) is 0 Å². The van der Waals surface area contributed by atoms with E-state index in [9.17, 15) is 4.79 Å². The summed E-state index contributed by atoms with van der Waals surface area (Å²) in [4.78, 5) is 15.4. The van der Waals surface area contributed by atoms with E-state index in [2.05, 4.69) is 55.4 Å². The zero-order valence-electron chi connectivity index (χ0n) is 15.1. The molecular weight excluding hydrogens is 300 g/mol. The SMILES string of the molecule is CN1CC[C@H](NC(=O)C(C)(C)C2CCOCC2)[C@@H]1c1ccccc1. The standard InChI is InChI=1S/C20H30N2O2/c1-20(2,16-10-13-24-14-11-16)19(23)21-17-9-12-22(3)18(17)15-7-5-4-6-8-15/h4-8,16-18H,9-14H2,1-3H3,(H,21,23)/t17-,18-/m0/s1. The van der Waals surface area contributed by atoms with E-state index in [-0.39, 0.29) is 23.4 Å². The molecule has 0 aromatic heterocycles. The Labute approximate surface area is 145 Å². The third-order valence-electron chi connectivity index (χ3n) is 5.93. The molecule has 0 radical (unpaired) electrons. The molecule has 1 N–H and O–H groups in total. The third kappa shape index (κ3) is 3.50. The highest BCUT2D eigenvalue weighted by Crippen LogP contribution is 2.36. The fraction of sp³-hybridized carbons (Fsp3) is 0.650. The molecule has 4 heteroatoms. The van der Waals surface area contributed by atoms with Crippen LogP contribution in [0.25, 0.3) is 0 Å². The van der Waals surface area contributed by atoms with Crippen molar-refractivity contribution in [3.8, 4) is 0 Å². The second kappa shape index (κ2) is 7.24. The molecule has 1 aromatic rings. The van der Waals surface area contributed by atoms with Crippen molar-refractivity contribution >= 4 is 5.91 Å². The smallest absolute Gasteiger partial charge is 0.226 e. The molecule has 4 nitrogen and oxygen atoms in total. The molecule has 2 atom stereocenters. The van der Waals surface area contributed by atoms with Gasteiger partial charge in [0, 0.05) is 31.2 Å².